The summed E-state index contributed by atoms with van der Waals surface area (Å²) in [5, 5.41) is 0. The summed E-state index contributed by atoms with van der Waals surface area (Å²) in [6.45, 7) is 13.6. The molecule has 3 rings (SSSR count). The van der Waals surface area contributed by atoms with Crippen LogP contribution < -0.4 is 0 Å². The number of benzene rings is 3. The van der Waals surface area contributed by atoms with Crippen LogP contribution in [0.4, 0.5) is 0 Å². The van der Waals surface area contributed by atoms with Crippen molar-refractivity contribution in [3.63, 3.8) is 0 Å². The Morgan fingerprint density at radius 2 is 0.778 bits per heavy atom. The summed E-state index contributed by atoms with van der Waals surface area (Å²) in [6.07, 6.45) is 1.15. The van der Waals surface area contributed by atoms with E-state index in [4.69, 9.17) is 0 Å². The second kappa shape index (κ2) is 7.35. The van der Waals surface area contributed by atoms with Crippen LogP contribution in [0.1, 0.15) is 59.1 Å². The average molecular weight is 357 g/mol. The molecule has 0 saturated carbocycles. The quantitative estimate of drug-likeness (QED) is 0.444. The number of hydrogen-bond acceptors (Lipinski definition) is 0. The van der Waals surface area contributed by atoms with Crippen molar-refractivity contribution in [3.8, 4) is 22.3 Å². The van der Waals surface area contributed by atoms with Crippen LogP contribution in [0.5, 0.6) is 0 Å². The van der Waals surface area contributed by atoms with Gasteiger partial charge in [0.25, 0.3) is 0 Å². The zero-order valence-corrected chi connectivity index (χ0v) is 17.6. The van der Waals surface area contributed by atoms with E-state index in [1.54, 1.807) is 0 Å². The summed E-state index contributed by atoms with van der Waals surface area (Å²) in [5.41, 5.74) is 8.30. The minimum absolute atomic E-state index is 0.195. The van der Waals surface area contributed by atoms with Gasteiger partial charge in [0.2, 0.25) is 0 Å². The lowest BCUT2D eigenvalue weighted by molar-refractivity contribution is 0.506. The molecule has 0 fully saturated rings. The fourth-order valence-electron chi connectivity index (χ4n) is 3.34. The third kappa shape index (κ3) is 4.33. The van der Waals surface area contributed by atoms with Crippen molar-refractivity contribution in [1.29, 1.82) is 0 Å². The second-order valence-electron chi connectivity index (χ2n) is 9.22. The molecule has 0 saturated heterocycles. The Kier molecular flexibility index (Phi) is 5.29. The van der Waals surface area contributed by atoms with Gasteiger partial charge in [-0.25, -0.2) is 0 Å². The fraction of sp³-hybridized carbons (Fsp3) is 0.333. The van der Waals surface area contributed by atoms with Crippen LogP contribution in [0.2, 0.25) is 0 Å². The van der Waals surface area contributed by atoms with E-state index in [1.807, 2.05) is 0 Å². The minimum Gasteiger partial charge on any atom is -0.0646 e. The molecule has 27 heavy (non-hydrogen) atoms. The molecule has 140 valence electrons. The molecule has 0 aliphatic heterocycles. The van der Waals surface area contributed by atoms with Crippen molar-refractivity contribution in [2.75, 3.05) is 0 Å². The van der Waals surface area contributed by atoms with E-state index in [2.05, 4.69) is 114 Å². The highest BCUT2D eigenvalue weighted by molar-refractivity contribution is 5.70. The standard InChI is InChI=1S/C27H32/c1-7-27(5,6)25-18-14-23(15-19-25)21-10-8-20(9-11-21)22-12-16-24(17-13-22)26(2,3)4/h8-19H,7H2,1-6H3. The molecule has 0 radical (unpaired) electrons. The molecule has 0 aliphatic rings. The monoisotopic (exact) mass is 356 g/mol. The first-order chi connectivity index (χ1) is 12.7. The van der Waals surface area contributed by atoms with E-state index in [0.29, 0.717) is 0 Å². The highest BCUT2D eigenvalue weighted by Gasteiger charge is 2.17. The molecule has 3 aromatic carbocycles. The first-order valence-electron chi connectivity index (χ1n) is 10.0. The van der Waals surface area contributed by atoms with Gasteiger partial charge in [-0.1, -0.05) is 114 Å². The van der Waals surface area contributed by atoms with E-state index in [9.17, 15) is 0 Å². The van der Waals surface area contributed by atoms with Crippen LogP contribution in [0.3, 0.4) is 0 Å². The Bertz CT molecular complexity index is 871. The van der Waals surface area contributed by atoms with Crippen LogP contribution >= 0.6 is 0 Å². The van der Waals surface area contributed by atoms with Crippen LogP contribution in [0.25, 0.3) is 22.3 Å². The fourth-order valence-corrected chi connectivity index (χ4v) is 3.34. The van der Waals surface area contributed by atoms with Gasteiger partial charge in [0.15, 0.2) is 0 Å². The third-order valence-corrected chi connectivity index (χ3v) is 5.85. The molecule has 0 heteroatoms. The molecule has 0 amide bonds. The van der Waals surface area contributed by atoms with Gasteiger partial charge in [0.1, 0.15) is 0 Å². The summed E-state index contributed by atoms with van der Waals surface area (Å²) < 4.78 is 0. The van der Waals surface area contributed by atoms with E-state index >= 15 is 0 Å². The lowest BCUT2D eigenvalue weighted by Crippen LogP contribution is -2.14. The predicted octanol–water partition coefficient (Wildman–Crippen LogP) is 8.01. The molecular weight excluding hydrogens is 324 g/mol. The van der Waals surface area contributed by atoms with Crippen molar-refractivity contribution in [2.45, 2.75) is 58.8 Å². The molecule has 0 atom stereocenters. The highest BCUT2D eigenvalue weighted by atomic mass is 14.2. The Hall–Kier alpha value is -2.34. The maximum atomic E-state index is 2.31. The van der Waals surface area contributed by atoms with Crippen molar-refractivity contribution in [3.05, 3.63) is 83.9 Å². The molecule has 0 spiro atoms. The molecule has 0 aromatic heterocycles. The topological polar surface area (TPSA) is 0 Å². The molecule has 0 unspecified atom stereocenters. The van der Waals surface area contributed by atoms with Gasteiger partial charge in [-0.2, -0.15) is 0 Å². The second-order valence-corrected chi connectivity index (χ2v) is 9.22. The third-order valence-electron chi connectivity index (χ3n) is 5.85. The van der Waals surface area contributed by atoms with E-state index in [1.165, 1.54) is 33.4 Å². The van der Waals surface area contributed by atoms with Crippen LogP contribution in [0.15, 0.2) is 72.8 Å². The van der Waals surface area contributed by atoms with Crippen molar-refractivity contribution in [2.24, 2.45) is 0 Å². The van der Waals surface area contributed by atoms with Crippen LogP contribution in [-0.2, 0) is 10.8 Å². The predicted molar refractivity (Wildman–Crippen MR) is 119 cm³/mol. The largest absolute Gasteiger partial charge is 0.0646 e. The zero-order valence-electron chi connectivity index (χ0n) is 17.6. The Morgan fingerprint density at radius 3 is 1.07 bits per heavy atom. The molecule has 3 aromatic rings. The minimum atomic E-state index is 0.195. The molecular formula is C27H32. The van der Waals surface area contributed by atoms with Gasteiger partial charge >= 0.3 is 0 Å². The van der Waals surface area contributed by atoms with E-state index < -0.39 is 0 Å². The maximum Gasteiger partial charge on any atom is -0.0106 e. The molecule has 0 nitrogen and oxygen atoms in total. The summed E-state index contributed by atoms with van der Waals surface area (Å²) >= 11 is 0. The van der Waals surface area contributed by atoms with Crippen LogP contribution in [0, 0.1) is 0 Å². The number of hydrogen-bond donors (Lipinski definition) is 0. The first kappa shape index (κ1) is 19.4. The van der Waals surface area contributed by atoms with Gasteiger partial charge in [-0.05, 0) is 50.6 Å². The van der Waals surface area contributed by atoms with Crippen LogP contribution in [-0.4, -0.2) is 0 Å². The molecule has 0 N–H and O–H groups in total. The SMILES string of the molecule is CCC(C)(C)c1ccc(-c2ccc(-c3ccc(C(C)(C)C)cc3)cc2)cc1. The summed E-state index contributed by atoms with van der Waals surface area (Å²) in [5.74, 6) is 0. The van der Waals surface area contributed by atoms with Crippen molar-refractivity contribution in [1.82, 2.24) is 0 Å². The summed E-state index contributed by atoms with van der Waals surface area (Å²) in [7, 11) is 0. The lowest BCUT2D eigenvalue weighted by Gasteiger charge is -2.23. The Labute approximate surface area is 165 Å². The first-order valence-corrected chi connectivity index (χ1v) is 10.0. The average Bonchev–Trinajstić information content (AvgIpc) is 2.68. The van der Waals surface area contributed by atoms with Gasteiger partial charge < -0.3 is 0 Å². The van der Waals surface area contributed by atoms with Gasteiger partial charge in [-0.15, -0.1) is 0 Å². The number of rotatable bonds is 4. The normalized spacial score (nSPS) is 12.2. The molecule has 0 heterocycles. The molecule has 0 bridgehead atoms. The van der Waals surface area contributed by atoms with Crippen molar-refractivity contribution >= 4 is 0 Å². The summed E-state index contributed by atoms with van der Waals surface area (Å²) in [4.78, 5) is 0. The molecule has 0 aliphatic carbocycles. The highest BCUT2D eigenvalue weighted by Crippen LogP contribution is 2.31. The Morgan fingerprint density at radius 1 is 0.481 bits per heavy atom. The Balaban J connectivity index is 1.81. The summed E-state index contributed by atoms with van der Waals surface area (Å²) in [6, 6.07) is 26.9. The van der Waals surface area contributed by atoms with Gasteiger partial charge in [-0.3, -0.25) is 0 Å². The van der Waals surface area contributed by atoms with Crippen molar-refractivity contribution < 1.29 is 0 Å². The van der Waals surface area contributed by atoms with Gasteiger partial charge in [0, 0.05) is 0 Å². The van der Waals surface area contributed by atoms with E-state index in [0.717, 1.165) is 6.42 Å². The smallest absolute Gasteiger partial charge is 0.0106 e. The zero-order chi connectivity index (χ0) is 19.7. The lowest BCUT2D eigenvalue weighted by atomic mass is 9.82. The maximum absolute atomic E-state index is 2.31. The van der Waals surface area contributed by atoms with E-state index in [-0.39, 0.29) is 10.8 Å². The van der Waals surface area contributed by atoms with Gasteiger partial charge in [0.05, 0.1) is 0 Å².